The molecule has 2 aliphatic heterocycles. The highest BCUT2D eigenvalue weighted by molar-refractivity contribution is 7.98. The quantitative estimate of drug-likeness (QED) is 0.355. The largest absolute Gasteiger partial charge is 0.472 e. The Kier molecular flexibility index (Phi) is 4.91. The van der Waals surface area contributed by atoms with Crippen molar-refractivity contribution in [2.75, 3.05) is 6.61 Å². The van der Waals surface area contributed by atoms with Crippen LogP contribution in [0, 0.1) is 0 Å². The summed E-state index contributed by atoms with van der Waals surface area (Å²) in [4.78, 5) is 22.5. The molecule has 0 aliphatic carbocycles. The van der Waals surface area contributed by atoms with E-state index >= 15 is 0 Å². The minimum absolute atomic E-state index is 0.147. The van der Waals surface area contributed by atoms with Crippen LogP contribution >= 0.6 is 19.6 Å². The third kappa shape index (κ3) is 3.59. The molecule has 5 rings (SSSR count). The minimum atomic E-state index is -4.19. The second-order valence-corrected chi connectivity index (χ2v) is 9.04. The van der Waals surface area contributed by atoms with Crippen molar-refractivity contribution in [2.24, 2.45) is 0 Å². The molecule has 2 saturated heterocycles. The number of ether oxygens (including phenoxy) is 1. The summed E-state index contributed by atoms with van der Waals surface area (Å²) in [5.41, 5.74) is 2.24. The number of aliphatic hydroxyl groups is 1. The van der Waals surface area contributed by atoms with Gasteiger partial charge in [0.25, 0.3) is 0 Å². The number of imidazole rings is 1. The maximum atomic E-state index is 11.7. The van der Waals surface area contributed by atoms with E-state index in [0.29, 0.717) is 16.2 Å². The lowest BCUT2D eigenvalue weighted by Crippen LogP contribution is -2.39. The van der Waals surface area contributed by atoms with E-state index in [0.717, 1.165) is 11.3 Å². The van der Waals surface area contributed by atoms with Gasteiger partial charge in [-0.25, -0.2) is 19.5 Å². The second kappa shape index (κ2) is 7.44. The van der Waals surface area contributed by atoms with Crippen molar-refractivity contribution in [2.45, 2.75) is 35.3 Å². The van der Waals surface area contributed by atoms with Crippen LogP contribution in [-0.2, 0) is 24.1 Å². The first-order valence-corrected chi connectivity index (χ1v) is 11.3. The zero-order valence-corrected chi connectivity index (χ0v) is 16.6. The number of hydrogen-bond donors (Lipinski definition) is 2. The van der Waals surface area contributed by atoms with Gasteiger partial charge < -0.3 is 14.7 Å². The highest BCUT2D eigenvalue weighted by atomic mass is 32.2. The zero-order valence-electron chi connectivity index (χ0n) is 14.9. The molecule has 4 heterocycles. The van der Waals surface area contributed by atoms with E-state index in [1.165, 1.54) is 24.4 Å². The first-order chi connectivity index (χ1) is 14.0. The molecule has 0 spiro atoms. The number of nitrogens with zero attached hydrogens (tertiary/aromatic N) is 4. The normalized spacial score (nSPS) is 31.8. The SMILES string of the molecule is O=P1(O)OC[C@H]2O[C@@H](n3cnc4c(SCc5ccccc5)ncnc43)[C@H](O)[C@@H]2O1. The van der Waals surface area contributed by atoms with Crippen LogP contribution in [-0.4, -0.2) is 54.4 Å². The first kappa shape index (κ1) is 19.1. The van der Waals surface area contributed by atoms with E-state index in [4.69, 9.17) is 13.8 Å². The Morgan fingerprint density at radius 2 is 2.07 bits per heavy atom. The van der Waals surface area contributed by atoms with Crippen LogP contribution in [0.4, 0.5) is 0 Å². The average Bonchev–Trinajstić information content (AvgIpc) is 3.28. The minimum Gasteiger partial charge on any atom is -0.386 e. The van der Waals surface area contributed by atoms with E-state index in [9.17, 15) is 14.6 Å². The van der Waals surface area contributed by atoms with Crippen LogP contribution in [0.3, 0.4) is 0 Å². The van der Waals surface area contributed by atoms with E-state index < -0.39 is 32.4 Å². The number of fused-ring (bicyclic) bond motifs is 2. The van der Waals surface area contributed by atoms with Gasteiger partial charge in [0.2, 0.25) is 0 Å². The fourth-order valence-corrected chi connectivity index (χ4v) is 5.28. The highest BCUT2D eigenvalue weighted by Crippen LogP contribution is 2.52. The molecular weight excluding hydrogens is 419 g/mol. The molecule has 29 heavy (non-hydrogen) atoms. The lowest BCUT2D eigenvalue weighted by atomic mass is 10.1. The van der Waals surface area contributed by atoms with Crippen molar-refractivity contribution in [1.29, 1.82) is 0 Å². The maximum absolute atomic E-state index is 11.7. The topological polar surface area (TPSA) is 129 Å². The van der Waals surface area contributed by atoms with Gasteiger partial charge in [-0.1, -0.05) is 42.1 Å². The molecule has 2 aliphatic rings. The predicted octanol–water partition coefficient (Wildman–Crippen LogP) is 1.89. The van der Waals surface area contributed by atoms with Gasteiger partial charge >= 0.3 is 7.82 Å². The molecule has 0 amide bonds. The van der Waals surface area contributed by atoms with Gasteiger partial charge in [0.15, 0.2) is 11.9 Å². The highest BCUT2D eigenvalue weighted by Gasteiger charge is 2.52. The van der Waals surface area contributed by atoms with Gasteiger partial charge in [0, 0.05) is 5.75 Å². The van der Waals surface area contributed by atoms with Crippen molar-refractivity contribution in [3.8, 4) is 0 Å². The summed E-state index contributed by atoms with van der Waals surface area (Å²) >= 11 is 1.53. The van der Waals surface area contributed by atoms with Gasteiger partial charge in [0.05, 0.1) is 12.9 Å². The maximum Gasteiger partial charge on any atom is 0.472 e. The molecule has 1 unspecified atom stereocenters. The van der Waals surface area contributed by atoms with Crippen LogP contribution in [0.1, 0.15) is 11.8 Å². The summed E-state index contributed by atoms with van der Waals surface area (Å²) in [6.07, 6.45) is -0.762. The number of phosphoric ester groups is 1. The van der Waals surface area contributed by atoms with Crippen LogP contribution in [0.25, 0.3) is 11.2 Å². The number of aromatic nitrogens is 4. The monoisotopic (exact) mass is 436 g/mol. The van der Waals surface area contributed by atoms with Gasteiger partial charge in [-0.3, -0.25) is 13.6 Å². The Hall–Kier alpha value is -1.85. The van der Waals surface area contributed by atoms with Crippen molar-refractivity contribution in [1.82, 2.24) is 19.5 Å². The van der Waals surface area contributed by atoms with Crippen molar-refractivity contribution in [3.05, 3.63) is 48.5 Å². The molecule has 10 nitrogen and oxygen atoms in total. The van der Waals surface area contributed by atoms with E-state index in [-0.39, 0.29) is 6.61 Å². The lowest BCUT2D eigenvalue weighted by molar-refractivity contribution is -0.0664. The number of hydrogen-bond acceptors (Lipinski definition) is 9. The molecule has 0 radical (unpaired) electrons. The first-order valence-electron chi connectivity index (χ1n) is 8.85. The molecule has 152 valence electrons. The van der Waals surface area contributed by atoms with Crippen molar-refractivity contribution >= 4 is 30.7 Å². The number of rotatable bonds is 4. The molecule has 2 fully saturated rings. The van der Waals surface area contributed by atoms with E-state index in [1.807, 2.05) is 30.3 Å². The van der Waals surface area contributed by atoms with Crippen molar-refractivity contribution in [3.63, 3.8) is 0 Å². The van der Waals surface area contributed by atoms with Crippen LogP contribution in [0.15, 0.2) is 48.0 Å². The summed E-state index contributed by atoms with van der Waals surface area (Å²) < 4.78 is 28.8. The molecule has 12 heteroatoms. The van der Waals surface area contributed by atoms with Crippen LogP contribution in [0.5, 0.6) is 0 Å². The number of thioether (sulfide) groups is 1. The molecule has 0 saturated carbocycles. The Morgan fingerprint density at radius 1 is 1.24 bits per heavy atom. The summed E-state index contributed by atoms with van der Waals surface area (Å²) in [7, 11) is -4.19. The predicted molar refractivity (Wildman–Crippen MR) is 102 cm³/mol. The zero-order chi connectivity index (χ0) is 20.0. The molecule has 3 aromatic rings. The standard InChI is InChI=1S/C17H17N4O6PS/c22-13-14-11(6-25-28(23,24)27-14)26-17(13)21-9-20-12-15(21)18-8-19-16(12)29-7-10-4-2-1-3-5-10/h1-5,8-9,11,13-14,17,22H,6-7H2,(H,23,24)/t11-,13-,14-,17-/m1/s1. The fourth-order valence-electron chi connectivity index (χ4n) is 3.41. The van der Waals surface area contributed by atoms with Gasteiger partial charge in [0.1, 0.15) is 35.2 Å². The van der Waals surface area contributed by atoms with Gasteiger partial charge in [-0.2, -0.15) is 0 Å². The number of phosphoric acid groups is 1. The Balaban J connectivity index is 1.41. The number of benzene rings is 1. The molecule has 5 atom stereocenters. The van der Waals surface area contributed by atoms with E-state index in [1.54, 1.807) is 4.57 Å². The fraction of sp³-hybridized carbons (Fsp3) is 0.353. The number of aliphatic hydroxyl groups excluding tert-OH is 1. The summed E-state index contributed by atoms with van der Waals surface area (Å²) in [6.45, 7) is -0.147. The second-order valence-electron chi connectivity index (χ2n) is 6.67. The summed E-state index contributed by atoms with van der Waals surface area (Å²) in [6, 6.07) is 10.0. The Bertz CT molecular complexity index is 1080. The van der Waals surface area contributed by atoms with Crippen LogP contribution < -0.4 is 0 Å². The van der Waals surface area contributed by atoms with Crippen LogP contribution in [0.2, 0.25) is 0 Å². The third-order valence-electron chi connectivity index (χ3n) is 4.78. The molecule has 2 aromatic heterocycles. The van der Waals surface area contributed by atoms with Gasteiger partial charge in [-0.15, -0.1) is 0 Å². The Labute approximate surface area is 169 Å². The van der Waals surface area contributed by atoms with Gasteiger partial charge in [-0.05, 0) is 5.56 Å². The Morgan fingerprint density at radius 3 is 2.90 bits per heavy atom. The van der Waals surface area contributed by atoms with Crippen molar-refractivity contribution < 1.29 is 28.3 Å². The smallest absolute Gasteiger partial charge is 0.386 e. The molecule has 1 aromatic carbocycles. The molecule has 2 N–H and O–H groups in total. The molecular formula is C17H17N4O6PS. The molecule has 0 bridgehead atoms. The summed E-state index contributed by atoms with van der Waals surface area (Å²) in [5, 5.41) is 11.3. The van der Waals surface area contributed by atoms with E-state index in [2.05, 4.69) is 15.0 Å². The lowest BCUT2D eigenvalue weighted by Gasteiger charge is -2.27. The third-order valence-corrected chi connectivity index (χ3v) is 6.82. The average molecular weight is 436 g/mol. The summed E-state index contributed by atoms with van der Waals surface area (Å²) in [5.74, 6) is 0.726.